The van der Waals surface area contributed by atoms with Gasteiger partial charge in [-0.15, -0.1) is 0 Å². The van der Waals surface area contributed by atoms with Crippen molar-refractivity contribution in [2.24, 2.45) is 0 Å². The van der Waals surface area contributed by atoms with Crippen LogP contribution in [0.25, 0.3) is 0 Å². The van der Waals surface area contributed by atoms with E-state index >= 15 is 0 Å². The zero-order valence-electron chi connectivity index (χ0n) is 10.6. The van der Waals surface area contributed by atoms with E-state index in [4.69, 9.17) is 4.42 Å². The molecule has 1 heterocycles. The third-order valence-electron chi connectivity index (χ3n) is 3.10. The molecular formula is C13H21NO2. The van der Waals surface area contributed by atoms with Gasteiger partial charge >= 0.3 is 0 Å². The molecule has 0 aliphatic rings. The second kappa shape index (κ2) is 5.73. The second-order valence-electron chi connectivity index (χ2n) is 4.20. The second-order valence-corrected chi connectivity index (χ2v) is 4.20. The molecule has 0 aromatic carbocycles. The Morgan fingerprint density at radius 1 is 1.31 bits per heavy atom. The van der Waals surface area contributed by atoms with Gasteiger partial charge in [0.2, 0.25) is 0 Å². The van der Waals surface area contributed by atoms with Crippen LogP contribution >= 0.6 is 0 Å². The molecule has 3 heteroatoms. The van der Waals surface area contributed by atoms with Crippen molar-refractivity contribution in [3.63, 3.8) is 0 Å². The molecule has 0 aliphatic heterocycles. The van der Waals surface area contributed by atoms with Gasteiger partial charge in [0.15, 0.2) is 5.76 Å². The lowest BCUT2D eigenvalue weighted by Crippen LogP contribution is -2.44. The monoisotopic (exact) mass is 223 g/mol. The fourth-order valence-corrected chi connectivity index (χ4v) is 1.76. The lowest BCUT2D eigenvalue weighted by Gasteiger charge is -2.33. The van der Waals surface area contributed by atoms with Gasteiger partial charge in [0, 0.05) is 12.1 Å². The van der Waals surface area contributed by atoms with E-state index in [1.807, 2.05) is 4.90 Å². The predicted octanol–water partition coefficient (Wildman–Crippen LogP) is 3.32. The van der Waals surface area contributed by atoms with E-state index in [-0.39, 0.29) is 18.0 Å². The number of hydrogen-bond donors (Lipinski definition) is 0. The van der Waals surface area contributed by atoms with Crippen LogP contribution in [-0.4, -0.2) is 22.9 Å². The Bertz CT molecular complexity index is 309. The lowest BCUT2D eigenvalue weighted by molar-refractivity contribution is 0.0565. The van der Waals surface area contributed by atoms with Crippen LogP contribution in [-0.2, 0) is 0 Å². The molecule has 0 bridgehead atoms. The standard InChI is InChI=1S/C13H21NO2/c1-5-10(3)14(11(4)6-2)13(15)12-8-7-9-16-12/h7-11H,5-6H2,1-4H3/t10-,11+. The van der Waals surface area contributed by atoms with Crippen LogP contribution in [0, 0.1) is 0 Å². The Kier molecular flexibility index (Phi) is 4.59. The fraction of sp³-hybridized carbons (Fsp3) is 0.615. The van der Waals surface area contributed by atoms with Gasteiger partial charge in [-0.1, -0.05) is 13.8 Å². The molecule has 0 saturated heterocycles. The van der Waals surface area contributed by atoms with Gasteiger partial charge < -0.3 is 9.32 Å². The smallest absolute Gasteiger partial charge is 0.290 e. The first-order valence-electron chi connectivity index (χ1n) is 5.97. The van der Waals surface area contributed by atoms with Crippen LogP contribution in [0.1, 0.15) is 51.1 Å². The van der Waals surface area contributed by atoms with Crippen molar-refractivity contribution in [2.45, 2.75) is 52.6 Å². The highest BCUT2D eigenvalue weighted by Gasteiger charge is 2.26. The summed E-state index contributed by atoms with van der Waals surface area (Å²) in [6.45, 7) is 8.34. The van der Waals surface area contributed by atoms with Crippen molar-refractivity contribution in [3.05, 3.63) is 24.2 Å². The molecular weight excluding hydrogens is 202 g/mol. The zero-order valence-corrected chi connectivity index (χ0v) is 10.6. The molecule has 0 spiro atoms. The Morgan fingerprint density at radius 2 is 1.88 bits per heavy atom. The van der Waals surface area contributed by atoms with E-state index in [0.29, 0.717) is 5.76 Å². The summed E-state index contributed by atoms with van der Waals surface area (Å²) in [5, 5.41) is 0. The molecule has 1 amide bonds. The number of carbonyl (C=O) groups excluding carboxylic acids is 1. The summed E-state index contributed by atoms with van der Waals surface area (Å²) in [6, 6.07) is 3.96. The van der Waals surface area contributed by atoms with Gasteiger partial charge in [-0.25, -0.2) is 0 Å². The molecule has 0 unspecified atom stereocenters. The van der Waals surface area contributed by atoms with Crippen LogP contribution in [0.5, 0.6) is 0 Å². The average molecular weight is 223 g/mol. The minimum Gasteiger partial charge on any atom is -0.459 e. The first kappa shape index (κ1) is 12.8. The van der Waals surface area contributed by atoms with Crippen molar-refractivity contribution < 1.29 is 9.21 Å². The van der Waals surface area contributed by atoms with Crippen molar-refractivity contribution >= 4 is 5.91 Å². The number of nitrogens with zero attached hydrogens (tertiary/aromatic N) is 1. The Balaban J connectivity index is 2.88. The maximum absolute atomic E-state index is 12.2. The topological polar surface area (TPSA) is 33.5 Å². The van der Waals surface area contributed by atoms with Gasteiger partial charge in [0.1, 0.15) is 0 Å². The third-order valence-corrected chi connectivity index (χ3v) is 3.10. The molecule has 0 aliphatic carbocycles. The van der Waals surface area contributed by atoms with Crippen molar-refractivity contribution in [1.29, 1.82) is 0 Å². The lowest BCUT2D eigenvalue weighted by atomic mass is 10.1. The molecule has 1 aromatic heterocycles. The number of rotatable bonds is 5. The summed E-state index contributed by atoms with van der Waals surface area (Å²) in [5.41, 5.74) is 0. The van der Waals surface area contributed by atoms with Crippen LogP contribution < -0.4 is 0 Å². The summed E-state index contributed by atoms with van der Waals surface area (Å²) in [4.78, 5) is 14.2. The maximum atomic E-state index is 12.2. The zero-order chi connectivity index (χ0) is 12.1. The SMILES string of the molecule is CC[C@@H](C)N(C(=O)c1ccco1)[C@@H](C)CC. The van der Waals surface area contributed by atoms with Crippen molar-refractivity contribution in [3.8, 4) is 0 Å². The van der Waals surface area contributed by atoms with Gasteiger partial charge in [-0.2, -0.15) is 0 Å². The normalized spacial score (nSPS) is 14.5. The average Bonchev–Trinajstić information content (AvgIpc) is 2.81. The minimum atomic E-state index is -0.00583. The van der Waals surface area contributed by atoms with Gasteiger partial charge in [-0.3, -0.25) is 4.79 Å². The number of amides is 1. The highest BCUT2D eigenvalue weighted by Crippen LogP contribution is 2.16. The molecule has 1 rings (SSSR count). The Hall–Kier alpha value is -1.25. The molecule has 90 valence electrons. The van der Waals surface area contributed by atoms with E-state index in [1.165, 1.54) is 0 Å². The van der Waals surface area contributed by atoms with E-state index < -0.39 is 0 Å². The Labute approximate surface area is 97.4 Å². The summed E-state index contributed by atoms with van der Waals surface area (Å²) in [7, 11) is 0. The predicted molar refractivity (Wildman–Crippen MR) is 64.4 cm³/mol. The highest BCUT2D eigenvalue weighted by molar-refractivity contribution is 5.91. The maximum Gasteiger partial charge on any atom is 0.290 e. The van der Waals surface area contributed by atoms with Crippen LogP contribution in [0.2, 0.25) is 0 Å². The number of furan rings is 1. The largest absolute Gasteiger partial charge is 0.459 e. The van der Waals surface area contributed by atoms with E-state index in [0.717, 1.165) is 12.8 Å². The van der Waals surface area contributed by atoms with E-state index in [9.17, 15) is 4.79 Å². The summed E-state index contributed by atoms with van der Waals surface area (Å²) < 4.78 is 5.17. The first-order chi connectivity index (χ1) is 7.61. The molecule has 3 nitrogen and oxygen atoms in total. The third kappa shape index (κ3) is 2.65. The van der Waals surface area contributed by atoms with Crippen molar-refractivity contribution in [1.82, 2.24) is 4.90 Å². The molecule has 0 fully saturated rings. The highest BCUT2D eigenvalue weighted by atomic mass is 16.3. The minimum absolute atomic E-state index is 0.00583. The van der Waals surface area contributed by atoms with Crippen molar-refractivity contribution in [2.75, 3.05) is 0 Å². The van der Waals surface area contributed by atoms with Gasteiger partial charge in [0.05, 0.1) is 6.26 Å². The fourth-order valence-electron chi connectivity index (χ4n) is 1.76. The summed E-state index contributed by atoms with van der Waals surface area (Å²) in [5.74, 6) is 0.425. The molecule has 0 radical (unpaired) electrons. The Morgan fingerprint density at radius 3 is 2.25 bits per heavy atom. The van der Waals surface area contributed by atoms with E-state index in [1.54, 1.807) is 18.4 Å². The molecule has 1 aromatic rings. The van der Waals surface area contributed by atoms with Gasteiger partial charge in [0.25, 0.3) is 5.91 Å². The summed E-state index contributed by atoms with van der Waals surface area (Å²) in [6.07, 6.45) is 3.45. The molecule has 16 heavy (non-hydrogen) atoms. The quantitative estimate of drug-likeness (QED) is 0.767. The molecule has 0 N–H and O–H groups in total. The summed E-state index contributed by atoms with van der Waals surface area (Å²) >= 11 is 0. The molecule has 0 saturated carbocycles. The van der Waals surface area contributed by atoms with Crippen LogP contribution in [0.4, 0.5) is 0 Å². The van der Waals surface area contributed by atoms with Crippen LogP contribution in [0.15, 0.2) is 22.8 Å². The molecule has 2 atom stereocenters. The number of carbonyl (C=O) groups is 1. The van der Waals surface area contributed by atoms with Gasteiger partial charge in [-0.05, 0) is 38.8 Å². The van der Waals surface area contributed by atoms with E-state index in [2.05, 4.69) is 27.7 Å². The van der Waals surface area contributed by atoms with Crippen LogP contribution in [0.3, 0.4) is 0 Å². The number of hydrogen-bond acceptors (Lipinski definition) is 2. The first-order valence-corrected chi connectivity index (χ1v) is 5.97.